The molecule has 1 fully saturated rings. The first-order valence-corrected chi connectivity index (χ1v) is 8.67. The topological polar surface area (TPSA) is 90.6 Å². The minimum absolute atomic E-state index is 0.0611. The molecule has 0 amide bonds. The maximum absolute atomic E-state index is 11.5. The molecular formula is C19H18N4O4. The van der Waals surface area contributed by atoms with E-state index >= 15 is 0 Å². The zero-order valence-electron chi connectivity index (χ0n) is 14.6. The predicted octanol–water partition coefficient (Wildman–Crippen LogP) is 2.95. The van der Waals surface area contributed by atoms with E-state index in [0.29, 0.717) is 50.1 Å². The Kier molecular flexibility index (Phi) is 4.80. The summed E-state index contributed by atoms with van der Waals surface area (Å²) in [7, 11) is 0. The highest BCUT2D eigenvalue weighted by Crippen LogP contribution is 2.32. The van der Waals surface area contributed by atoms with Crippen LogP contribution < -0.4 is 9.64 Å². The number of non-ortho nitro benzene ring substituents is 1. The van der Waals surface area contributed by atoms with Gasteiger partial charge < -0.3 is 14.4 Å². The number of aromatic nitrogens is 2. The largest absolute Gasteiger partial charge is 0.472 e. The van der Waals surface area contributed by atoms with E-state index < -0.39 is 4.92 Å². The van der Waals surface area contributed by atoms with Crippen LogP contribution in [0.4, 0.5) is 11.6 Å². The summed E-state index contributed by atoms with van der Waals surface area (Å²) in [6, 6.07) is 14.5. The fourth-order valence-corrected chi connectivity index (χ4v) is 2.99. The summed E-state index contributed by atoms with van der Waals surface area (Å²) in [5.41, 5.74) is 1.21. The van der Waals surface area contributed by atoms with E-state index in [1.165, 1.54) is 6.07 Å². The van der Waals surface area contributed by atoms with Gasteiger partial charge in [0.05, 0.1) is 23.5 Å². The lowest BCUT2D eigenvalue weighted by Crippen LogP contribution is -2.37. The molecule has 0 N–H and O–H groups in total. The van der Waals surface area contributed by atoms with Crippen molar-refractivity contribution in [1.29, 1.82) is 0 Å². The minimum atomic E-state index is -0.431. The standard InChI is InChI=1S/C19H18N4O4/c24-23(25)16-8-4-7-15-17(16)20-19(22-9-11-26-12-10-22)21-18(15)27-13-14-5-2-1-3-6-14/h1-8H,9-13H2. The molecule has 0 bridgehead atoms. The average molecular weight is 366 g/mol. The zero-order valence-corrected chi connectivity index (χ0v) is 14.6. The molecule has 1 aliphatic heterocycles. The Hall–Kier alpha value is -3.26. The molecule has 0 spiro atoms. The van der Waals surface area contributed by atoms with E-state index in [-0.39, 0.29) is 11.2 Å². The fourth-order valence-electron chi connectivity index (χ4n) is 2.99. The number of rotatable bonds is 5. The van der Waals surface area contributed by atoms with Crippen LogP contribution in [-0.2, 0) is 11.3 Å². The lowest BCUT2D eigenvalue weighted by molar-refractivity contribution is -0.383. The Labute approximate surface area is 155 Å². The monoisotopic (exact) mass is 366 g/mol. The van der Waals surface area contributed by atoms with E-state index in [4.69, 9.17) is 9.47 Å². The molecule has 2 aromatic carbocycles. The number of fused-ring (bicyclic) bond motifs is 1. The average Bonchev–Trinajstić information content (AvgIpc) is 2.72. The molecule has 1 saturated heterocycles. The van der Waals surface area contributed by atoms with E-state index in [9.17, 15) is 10.1 Å². The number of benzene rings is 2. The van der Waals surface area contributed by atoms with Gasteiger partial charge in [0.2, 0.25) is 11.8 Å². The molecule has 1 aliphatic rings. The Morgan fingerprint density at radius 2 is 1.85 bits per heavy atom. The van der Waals surface area contributed by atoms with Gasteiger partial charge in [0, 0.05) is 19.2 Å². The van der Waals surface area contributed by atoms with Crippen molar-refractivity contribution in [3.63, 3.8) is 0 Å². The smallest absolute Gasteiger partial charge is 0.295 e. The summed E-state index contributed by atoms with van der Waals surface area (Å²) < 4.78 is 11.3. The summed E-state index contributed by atoms with van der Waals surface area (Å²) in [5.74, 6) is 0.761. The highest BCUT2D eigenvalue weighted by molar-refractivity contribution is 5.91. The molecule has 0 aliphatic carbocycles. The lowest BCUT2D eigenvalue weighted by Gasteiger charge is -2.27. The van der Waals surface area contributed by atoms with Gasteiger partial charge >= 0.3 is 0 Å². The Balaban J connectivity index is 1.77. The van der Waals surface area contributed by atoms with Crippen LogP contribution >= 0.6 is 0 Å². The molecule has 0 saturated carbocycles. The minimum Gasteiger partial charge on any atom is -0.472 e. The number of nitro groups is 1. The van der Waals surface area contributed by atoms with Gasteiger partial charge in [-0.05, 0) is 11.6 Å². The van der Waals surface area contributed by atoms with Crippen molar-refractivity contribution in [2.24, 2.45) is 0 Å². The van der Waals surface area contributed by atoms with Crippen LogP contribution in [0.15, 0.2) is 48.5 Å². The summed E-state index contributed by atoms with van der Waals surface area (Å²) in [6.45, 7) is 2.71. The predicted molar refractivity (Wildman–Crippen MR) is 100.0 cm³/mol. The number of para-hydroxylation sites is 1. The highest BCUT2D eigenvalue weighted by atomic mass is 16.6. The van der Waals surface area contributed by atoms with Crippen LogP contribution in [0.1, 0.15) is 5.56 Å². The molecule has 1 aromatic heterocycles. The van der Waals surface area contributed by atoms with Gasteiger partial charge in [-0.15, -0.1) is 0 Å². The molecule has 3 aromatic rings. The Morgan fingerprint density at radius 1 is 1.07 bits per heavy atom. The van der Waals surface area contributed by atoms with Crippen molar-refractivity contribution in [3.8, 4) is 5.88 Å². The molecule has 0 radical (unpaired) electrons. The number of hydrogen-bond acceptors (Lipinski definition) is 7. The van der Waals surface area contributed by atoms with Crippen LogP contribution in [0.2, 0.25) is 0 Å². The van der Waals surface area contributed by atoms with Crippen molar-refractivity contribution < 1.29 is 14.4 Å². The molecule has 8 nitrogen and oxygen atoms in total. The number of ether oxygens (including phenoxy) is 2. The van der Waals surface area contributed by atoms with E-state index in [1.54, 1.807) is 12.1 Å². The Bertz CT molecular complexity index is 959. The van der Waals surface area contributed by atoms with Gasteiger partial charge in [-0.2, -0.15) is 4.98 Å². The normalized spacial score (nSPS) is 14.3. The van der Waals surface area contributed by atoms with Gasteiger partial charge in [-0.1, -0.05) is 36.4 Å². The molecule has 2 heterocycles. The van der Waals surface area contributed by atoms with Gasteiger partial charge in [-0.3, -0.25) is 10.1 Å². The summed E-state index contributed by atoms with van der Waals surface area (Å²) in [6.07, 6.45) is 0. The quantitative estimate of drug-likeness (QED) is 0.506. The maximum atomic E-state index is 11.5. The fraction of sp³-hybridized carbons (Fsp3) is 0.263. The van der Waals surface area contributed by atoms with Crippen molar-refractivity contribution in [3.05, 3.63) is 64.2 Å². The van der Waals surface area contributed by atoms with Gasteiger partial charge in [-0.25, -0.2) is 4.98 Å². The maximum Gasteiger partial charge on any atom is 0.295 e. The van der Waals surface area contributed by atoms with Crippen molar-refractivity contribution >= 4 is 22.5 Å². The molecule has 0 unspecified atom stereocenters. The van der Waals surface area contributed by atoms with Crippen molar-refractivity contribution in [2.45, 2.75) is 6.61 Å². The zero-order chi connectivity index (χ0) is 18.6. The number of nitro benzene ring substituents is 1. The molecule has 138 valence electrons. The second-order valence-electron chi connectivity index (χ2n) is 6.13. The molecule has 4 rings (SSSR count). The lowest BCUT2D eigenvalue weighted by atomic mass is 10.2. The number of morpholine rings is 1. The van der Waals surface area contributed by atoms with E-state index in [2.05, 4.69) is 9.97 Å². The first kappa shape index (κ1) is 17.2. The van der Waals surface area contributed by atoms with E-state index in [0.717, 1.165) is 5.56 Å². The first-order chi connectivity index (χ1) is 13.2. The second-order valence-corrected chi connectivity index (χ2v) is 6.13. The van der Waals surface area contributed by atoms with E-state index in [1.807, 2.05) is 35.2 Å². The molecule has 0 atom stereocenters. The Morgan fingerprint density at radius 3 is 2.59 bits per heavy atom. The second kappa shape index (κ2) is 7.55. The molecule has 8 heteroatoms. The third-order valence-corrected chi connectivity index (χ3v) is 4.37. The van der Waals surface area contributed by atoms with Gasteiger partial charge in [0.15, 0.2) is 5.52 Å². The van der Waals surface area contributed by atoms with Crippen LogP contribution in [0, 0.1) is 10.1 Å². The van der Waals surface area contributed by atoms with Gasteiger partial charge in [0.1, 0.15) is 6.61 Å². The van der Waals surface area contributed by atoms with Crippen LogP contribution in [-0.4, -0.2) is 41.2 Å². The number of anilines is 1. The van der Waals surface area contributed by atoms with Crippen molar-refractivity contribution in [1.82, 2.24) is 9.97 Å². The SMILES string of the molecule is O=[N+]([O-])c1cccc2c(OCc3ccccc3)nc(N3CCOCC3)nc12. The number of nitrogens with zero attached hydrogens (tertiary/aromatic N) is 4. The number of hydrogen-bond donors (Lipinski definition) is 0. The summed E-state index contributed by atoms with van der Waals surface area (Å²) in [4.78, 5) is 22.0. The summed E-state index contributed by atoms with van der Waals surface area (Å²) >= 11 is 0. The first-order valence-electron chi connectivity index (χ1n) is 8.67. The third-order valence-electron chi connectivity index (χ3n) is 4.37. The molecule has 27 heavy (non-hydrogen) atoms. The van der Waals surface area contributed by atoms with Crippen LogP contribution in [0.5, 0.6) is 5.88 Å². The highest BCUT2D eigenvalue weighted by Gasteiger charge is 2.22. The van der Waals surface area contributed by atoms with Gasteiger partial charge in [0.25, 0.3) is 5.69 Å². The summed E-state index contributed by atoms with van der Waals surface area (Å²) in [5, 5.41) is 12.0. The molecular weight excluding hydrogens is 348 g/mol. The third kappa shape index (κ3) is 3.65. The van der Waals surface area contributed by atoms with Crippen molar-refractivity contribution in [2.75, 3.05) is 31.2 Å². The van der Waals surface area contributed by atoms with Crippen LogP contribution in [0.25, 0.3) is 10.9 Å². The van der Waals surface area contributed by atoms with Crippen LogP contribution in [0.3, 0.4) is 0 Å².